The van der Waals surface area contributed by atoms with E-state index < -0.39 is 0 Å². The quantitative estimate of drug-likeness (QED) is 0.693. The molecule has 1 unspecified atom stereocenters. The first-order valence-electron chi connectivity index (χ1n) is 4.12. The van der Waals surface area contributed by atoms with Gasteiger partial charge in [-0.1, -0.05) is 5.16 Å². The molecule has 0 aromatic carbocycles. The maximum Gasteiger partial charge on any atom is 0.156 e. The van der Waals surface area contributed by atoms with Gasteiger partial charge in [0.2, 0.25) is 0 Å². The van der Waals surface area contributed by atoms with Gasteiger partial charge in [-0.3, -0.25) is 4.68 Å². The van der Waals surface area contributed by atoms with Gasteiger partial charge in [0.15, 0.2) is 6.10 Å². The van der Waals surface area contributed by atoms with Gasteiger partial charge in [-0.15, -0.1) is 0 Å². The minimum absolute atomic E-state index is 0.00720. The van der Waals surface area contributed by atoms with Gasteiger partial charge in [-0.2, -0.15) is 5.10 Å². The molecular formula is C8H11N3O2. The van der Waals surface area contributed by atoms with E-state index in [1.807, 2.05) is 13.2 Å². The van der Waals surface area contributed by atoms with Crippen LogP contribution in [0.25, 0.3) is 0 Å². The van der Waals surface area contributed by atoms with Gasteiger partial charge in [0.05, 0.1) is 18.5 Å². The van der Waals surface area contributed by atoms with Crippen LogP contribution in [0.3, 0.4) is 0 Å². The first-order valence-corrected chi connectivity index (χ1v) is 4.12. The molecule has 1 aliphatic heterocycles. The van der Waals surface area contributed by atoms with Crippen LogP contribution in [0.5, 0.6) is 0 Å². The predicted molar refractivity (Wildman–Crippen MR) is 46.3 cm³/mol. The molecule has 1 atom stereocenters. The third-order valence-corrected chi connectivity index (χ3v) is 1.97. The molecule has 1 N–H and O–H groups in total. The molecule has 1 aliphatic rings. The fraction of sp³-hybridized carbons (Fsp3) is 0.500. The highest BCUT2D eigenvalue weighted by Gasteiger charge is 2.21. The smallest absolute Gasteiger partial charge is 0.156 e. The first-order chi connectivity index (χ1) is 6.29. The normalized spacial score (nSPS) is 21.4. The van der Waals surface area contributed by atoms with Gasteiger partial charge in [-0.05, 0) is 0 Å². The summed E-state index contributed by atoms with van der Waals surface area (Å²) in [4.78, 5) is 4.98. The van der Waals surface area contributed by atoms with E-state index in [9.17, 15) is 0 Å². The van der Waals surface area contributed by atoms with E-state index in [2.05, 4.69) is 10.3 Å². The number of hydrogen-bond acceptors (Lipinski definition) is 4. The number of oxime groups is 1. The second-order valence-corrected chi connectivity index (χ2v) is 3.05. The molecule has 0 radical (unpaired) electrons. The van der Waals surface area contributed by atoms with Gasteiger partial charge in [0, 0.05) is 25.2 Å². The number of rotatable bonds is 2. The highest BCUT2D eigenvalue weighted by atomic mass is 16.6. The Morgan fingerprint density at radius 3 is 3.15 bits per heavy atom. The molecule has 70 valence electrons. The van der Waals surface area contributed by atoms with Crippen molar-refractivity contribution in [2.75, 3.05) is 6.61 Å². The summed E-state index contributed by atoms with van der Waals surface area (Å²) in [6.07, 6.45) is 4.08. The summed E-state index contributed by atoms with van der Waals surface area (Å²) in [5.41, 5.74) is 1.81. The molecule has 0 aliphatic carbocycles. The van der Waals surface area contributed by atoms with Crippen molar-refractivity contribution in [3.8, 4) is 0 Å². The Morgan fingerprint density at radius 2 is 2.62 bits per heavy atom. The zero-order valence-electron chi connectivity index (χ0n) is 7.34. The number of hydrogen-bond donors (Lipinski definition) is 1. The van der Waals surface area contributed by atoms with Gasteiger partial charge in [-0.25, -0.2) is 0 Å². The highest BCUT2D eigenvalue weighted by molar-refractivity contribution is 6.00. The third-order valence-electron chi connectivity index (χ3n) is 1.97. The second-order valence-electron chi connectivity index (χ2n) is 3.05. The van der Waals surface area contributed by atoms with E-state index in [1.165, 1.54) is 0 Å². The Kier molecular flexibility index (Phi) is 2.02. The Balaban J connectivity index is 2.12. The van der Waals surface area contributed by atoms with Crippen LogP contribution in [-0.4, -0.2) is 33.3 Å². The zero-order chi connectivity index (χ0) is 9.26. The van der Waals surface area contributed by atoms with Crippen LogP contribution in [0.1, 0.15) is 12.0 Å². The Morgan fingerprint density at radius 1 is 1.77 bits per heavy atom. The molecule has 0 saturated heterocycles. The van der Waals surface area contributed by atoms with Crippen molar-refractivity contribution in [1.29, 1.82) is 0 Å². The van der Waals surface area contributed by atoms with Crippen LogP contribution in [0.4, 0.5) is 0 Å². The van der Waals surface area contributed by atoms with Gasteiger partial charge < -0.3 is 9.94 Å². The van der Waals surface area contributed by atoms with Gasteiger partial charge in [0.1, 0.15) is 0 Å². The fourth-order valence-corrected chi connectivity index (χ4v) is 1.27. The number of nitrogens with zero attached hydrogens (tertiary/aromatic N) is 3. The standard InChI is InChI=1S/C8H11N3O2/c1-11-4-6(3-9-11)8-2-7(5-12)13-10-8/h3-4,7,12H,2,5H2,1H3. The minimum atomic E-state index is -0.185. The lowest BCUT2D eigenvalue weighted by molar-refractivity contribution is 0.0390. The highest BCUT2D eigenvalue weighted by Crippen LogP contribution is 2.15. The van der Waals surface area contributed by atoms with E-state index in [-0.39, 0.29) is 12.7 Å². The van der Waals surface area contributed by atoms with E-state index >= 15 is 0 Å². The van der Waals surface area contributed by atoms with Gasteiger partial charge in [0.25, 0.3) is 0 Å². The summed E-state index contributed by atoms with van der Waals surface area (Å²) < 4.78 is 1.71. The monoisotopic (exact) mass is 181 g/mol. The van der Waals surface area contributed by atoms with E-state index in [1.54, 1.807) is 10.9 Å². The zero-order valence-corrected chi connectivity index (χ0v) is 7.34. The molecule has 5 heteroatoms. The summed E-state index contributed by atoms with van der Waals surface area (Å²) in [5.74, 6) is 0. The van der Waals surface area contributed by atoms with Crippen molar-refractivity contribution in [2.45, 2.75) is 12.5 Å². The van der Waals surface area contributed by atoms with Crippen LogP contribution in [0.2, 0.25) is 0 Å². The first kappa shape index (κ1) is 8.25. The average Bonchev–Trinajstić information content (AvgIpc) is 2.71. The largest absolute Gasteiger partial charge is 0.392 e. The Bertz CT molecular complexity index is 332. The second kappa shape index (κ2) is 3.18. The summed E-state index contributed by atoms with van der Waals surface area (Å²) in [6, 6.07) is 0. The van der Waals surface area contributed by atoms with Gasteiger partial charge >= 0.3 is 0 Å². The molecule has 0 spiro atoms. The average molecular weight is 181 g/mol. The Hall–Kier alpha value is -1.36. The summed E-state index contributed by atoms with van der Waals surface area (Å²) in [7, 11) is 1.85. The van der Waals surface area contributed by atoms with Crippen LogP contribution < -0.4 is 0 Å². The number of aromatic nitrogens is 2. The van der Waals surface area contributed by atoms with Crippen LogP contribution in [-0.2, 0) is 11.9 Å². The van der Waals surface area contributed by atoms with Crippen molar-refractivity contribution in [3.63, 3.8) is 0 Å². The van der Waals surface area contributed by atoms with Crippen molar-refractivity contribution in [3.05, 3.63) is 18.0 Å². The lowest BCUT2D eigenvalue weighted by Gasteiger charge is -2.00. The Labute approximate surface area is 75.6 Å². The van der Waals surface area contributed by atoms with Crippen molar-refractivity contribution >= 4 is 5.71 Å². The molecule has 1 aromatic rings. The number of aliphatic hydroxyl groups is 1. The molecule has 2 rings (SSSR count). The third kappa shape index (κ3) is 1.55. The lowest BCUT2D eigenvalue weighted by atomic mass is 10.1. The van der Waals surface area contributed by atoms with Crippen molar-refractivity contribution < 1.29 is 9.94 Å². The molecular weight excluding hydrogens is 170 g/mol. The molecule has 0 saturated carbocycles. The maximum atomic E-state index is 8.82. The van der Waals surface area contributed by atoms with Crippen molar-refractivity contribution in [2.24, 2.45) is 12.2 Å². The van der Waals surface area contributed by atoms with E-state index in [0.717, 1.165) is 11.3 Å². The minimum Gasteiger partial charge on any atom is -0.392 e. The van der Waals surface area contributed by atoms with Crippen LogP contribution >= 0.6 is 0 Å². The lowest BCUT2D eigenvalue weighted by Crippen LogP contribution is -2.12. The molecule has 0 bridgehead atoms. The maximum absolute atomic E-state index is 8.82. The molecule has 13 heavy (non-hydrogen) atoms. The SMILES string of the molecule is Cn1cc(C2=NOC(CO)C2)cn1. The van der Waals surface area contributed by atoms with Crippen LogP contribution in [0.15, 0.2) is 17.5 Å². The van der Waals surface area contributed by atoms with E-state index in [0.29, 0.717) is 6.42 Å². The molecule has 0 fully saturated rings. The van der Waals surface area contributed by atoms with E-state index in [4.69, 9.17) is 9.94 Å². The van der Waals surface area contributed by atoms with Crippen LogP contribution in [0, 0.1) is 0 Å². The molecule has 5 nitrogen and oxygen atoms in total. The molecule has 1 aromatic heterocycles. The number of aliphatic hydroxyl groups excluding tert-OH is 1. The van der Waals surface area contributed by atoms with Crippen molar-refractivity contribution in [1.82, 2.24) is 9.78 Å². The topological polar surface area (TPSA) is 59.6 Å². The number of aryl methyl sites for hydroxylation is 1. The fourth-order valence-electron chi connectivity index (χ4n) is 1.27. The summed E-state index contributed by atoms with van der Waals surface area (Å²) in [5, 5.41) is 16.7. The summed E-state index contributed by atoms with van der Waals surface area (Å²) >= 11 is 0. The molecule has 2 heterocycles. The molecule has 0 amide bonds. The predicted octanol–water partition coefficient (Wildman–Crippen LogP) is -0.0946. The summed E-state index contributed by atoms with van der Waals surface area (Å²) in [6.45, 7) is 0.00720.